The zero-order valence-electron chi connectivity index (χ0n) is 15.4. The number of para-hydroxylation sites is 1. The predicted molar refractivity (Wildman–Crippen MR) is 105 cm³/mol. The minimum Gasteiger partial charge on any atom is -0.355 e. The van der Waals surface area contributed by atoms with Gasteiger partial charge in [-0.25, -0.2) is 8.42 Å². The van der Waals surface area contributed by atoms with Crippen molar-refractivity contribution in [3.05, 3.63) is 60.2 Å². The Bertz CT molecular complexity index is 902. The monoisotopic (exact) mass is 385 g/mol. The number of nitrogens with zero attached hydrogens (tertiary/aromatic N) is 2. The number of rotatable bonds is 8. The molecule has 0 aliphatic heterocycles. The molecule has 1 amide bonds. The number of nitriles is 1. The number of sulfonamides is 1. The van der Waals surface area contributed by atoms with Gasteiger partial charge >= 0.3 is 0 Å². The fourth-order valence-electron chi connectivity index (χ4n) is 2.42. The second-order valence-corrected chi connectivity index (χ2v) is 8.38. The van der Waals surface area contributed by atoms with E-state index in [1.54, 1.807) is 30.3 Å². The Morgan fingerprint density at radius 2 is 1.74 bits per heavy atom. The molecular weight excluding hydrogens is 362 g/mol. The highest BCUT2D eigenvalue weighted by Crippen LogP contribution is 2.23. The Morgan fingerprint density at radius 1 is 1.11 bits per heavy atom. The second-order valence-electron chi connectivity index (χ2n) is 6.52. The molecule has 0 radical (unpaired) electrons. The molecule has 0 atom stereocenters. The van der Waals surface area contributed by atoms with Crippen LogP contribution >= 0.6 is 0 Å². The van der Waals surface area contributed by atoms with Crippen LogP contribution in [0.15, 0.2) is 59.5 Å². The first-order chi connectivity index (χ1) is 12.8. The number of amides is 1. The molecule has 0 saturated carbocycles. The maximum atomic E-state index is 13.1. The van der Waals surface area contributed by atoms with Gasteiger partial charge in [-0.3, -0.25) is 9.10 Å². The summed E-state index contributed by atoms with van der Waals surface area (Å²) in [5, 5.41) is 11.7. The topological polar surface area (TPSA) is 90.3 Å². The fourth-order valence-corrected chi connectivity index (χ4v) is 3.85. The largest absolute Gasteiger partial charge is 0.355 e. The van der Waals surface area contributed by atoms with Gasteiger partial charge in [0, 0.05) is 6.54 Å². The van der Waals surface area contributed by atoms with Gasteiger partial charge in [-0.05, 0) is 48.7 Å². The van der Waals surface area contributed by atoms with E-state index in [-0.39, 0.29) is 17.3 Å². The molecule has 2 aromatic rings. The average Bonchev–Trinajstić information content (AvgIpc) is 2.66. The first-order valence-electron chi connectivity index (χ1n) is 8.69. The van der Waals surface area contributed by atoms with Gasteiger partial charge in [-0.15, -0.1) is 0 Å². The zero-order chi connectivity index (χ0) is 19.9. The van der Waals surface area contributed by atoms with Crippen LogP contribution in [0.5, 0.6) is 0 Å². The van der Waals surface area contributed by atoms with Crippen molar-refractivity contribution in [2.24, 2.45) is 5.92 Å². The van der Waals surface area contributed by atoms with Crippen molar-refractivity contribution in [1.82, 2.24) is 5.32 Å². The van der Waals surface area contributed by atoms with Gasteiger partial charge in [0.05, 0.1) is 22.2 Å². The minimum atomic E-state index is -3.95. The van der Waals surface area contributed by atoms with Crippen molar-refractivity contribution < 1.29 is 13.2 Å². The molecule has 0 aliphatic rings. The highest BCUT2D eigenvalue weighted by Gasteiger charge is 2.27. The van der Waals surface area contributed by atoms with E-state index in [4.69, 9.17) is 5.26 Å². The van der Waals surface area contributed by atoms with Crippen molar-refractivity contribution >= 4 is 21.6 Å². The van der Waals surface area contributed by atoms with Gasteiger partial charge < -0.3 is 5.32 Å². The highest BCUT2D eigenvalue weighted by atomic mass is 32.2. The van der Waals surface area contributed by atoms with Crippen LogP contribution in [0.3, 0.4) is 0 Å². The van der Waals surface area contributed by atoms with E-state index in [1.165, 1.54) is 24.3 Å². The number of hydrogen-bond acceptors (Lipinski definition) is 4. The number of hydrogen-bond donors (Lipinski definition) is 1. The van der Waals surface area contributed by atoms with E-state index in [0.717, 1.165) is 10.7 Å². The molecule has 0 heterocycles. The summed E-state index contributed by atoms with van der Waals surface area (Å²) < 4.78 is 27.3. The lowest BCUT2D eigenvalue weighted by atomic mass is 10.1. The molecule has 1 N–H and O–H groups in total. The summed E-state index contributed by atoms with van der Waals surface area (Å²) in [5.41, 5.74) is 0.771. The summed E-state index contributed by atoms with van der Waals surface area (Å²) in [6.45, 7) is 4.29. The van der Waals surface area contributed by atoms with E-state index in [2.05, 4.69) is 19.2 Å². The molecule has 0 aromatic heterocycles. The van der Waals surface area contributed by atoms with Crippen LogP contribution in [-0.2, 0) is 14.8 Å². The summed E-state index contributed by atoms with van der Waals surface area (Å²) in [7, 11) is -3.95. The smallest absolute Gasteiger partial charge is 0.264 e. The van der Waals surface area contributed by atoms with Crippen molar-refractivity contribution in [2.75, 3.05) is 17.4 Å². The van der Waals surface area contributed by atoms with Gasteiger partial charge in [0.25, 0.3) is 10.0 Å². The van der Waals surface area contributed by atoms with Gasteiger partial charge in [-0.2, -0.15) is 5.26 Å². The van der Waals surface area contributed by atoms with Gasteiger partial charge in [-0.1, -0.05) is 32.0 Å². The molecule has 0 bridgehead atoms. The lowest BCUT2D eigenvalue weighted by Gasteiger charge is -2.24. The van der Waals surface area contributed by atoms with Crippen molar-refractivity contribution in [2.45, 2.75) is 25.2 Å². The molecular formula is C20H23N3O3S. The summed E-state index contributed by atoms with van der Waals surface area (Å²) in [5.74, 6) is 0.0784. The maximum absolute atomic E-state index is 13.1. The standard InChI is InChI=1S/C20H23N3O3S/c1-16(2)12-13-22-20(24)15-23(18-6-4-3-5-7-18)27(25,26)19-10-8-17(14-21)9-11-19/h3-11,16H,12-13,15H2,1-2H3,(H,22,24). The van der Waals surface area contributed by atoms with E-state index in [0.29, 0.717) is 23.7 Å². The number of carbonyl (C=O) groups is 1. The third-order valence-electron chi connectivity index (χ3n) is 3.95. The van der Waals surface area contributed by atoms with Crippen LogP contribution in [0.4, 0.5) is 5.69 Å². The molecule has 27 heavy (non-hydrogen) atoms. The number of anilines is 1. The quantitative estimate of drug-likeness (QED) is 0.756. The molecule has 0 unspecified atom stereocenters. The summed E-state index contributed by atoms with van der Waals surface area (Å²) in [6.07, 6.45) is 0.819. The molecule has 2 rings (SSSR count). The highest BCUT2D eigenvalue weighted by molar-refractivity contribution is 7.92. The van der Waals surface area contributed by atoms with Gasteiger partial charge in [0.15, 0.2) is 0 Å². The molecule has 0 saturated heterocycles. The third-order valence-corrected chi connectivity index (χ3v) is 5.73. The van der Waals surface area contributed by atoms with Gasteiger partial charge in [0.2, 0.25) is 5.91 Å². The SMILES string of the molecule is CC(C)CCNC(=O)CN(c1ccccc1)S(=O)(=O)c1ccc(C#N)cc1. The Balaban J connectivity index is 2.29. The fraction of sp³-hybridized carbons (Fsp3) is 0.300. The molecule has 0 fully saturated rings. The summed E-state index contributed by atoms with van der Waals surface area (Å²) >= 11 is 0. The minimum absolute atomic E-state index is 0.0281. The number of carbonyl (C=O) groups excluding carboxylic acids is 1. The van der Waals surface area contributed by atoms with Crippen LogP contribution in [0.1, 0.15) is 25.8 Å². The van der Waals surface area contributed by atoms with Crippen LogP contribution in [-0.4, -0.2) is 27.4 Å². The van der Waals surface area contributed by atoms with Gasteiger partial charge in [0.1, 0.15) is 6.54 Å². The number of benzene rings is 2. The van der Waals surface area contributed by atoms with E-state index < -0.39 is 10.0 Å². The van der Waals surface area contributed by atoms with E-state index in [1.807, 2.05) is 6.07 Å². The zero-order valence-corrected chi connectivity index (χ0v) is 16.2. The van der Waals surface area contributed by atoms with Crippen LogP contribution in [0, 0.1) is 17.2 Å². The van der Waals surface area contributed by atoms with Crippen molar-refractivity contribution in [3.63, 3.8) is 0 Å². The van der Waals surface area contributed by atoms with Crippen molar-refractivity contribution in [3.8, 4) is 6.07 Å². The van der Waals surface area contributed by atoms with Crippen LogP contribution in [0.2, 0.25) is 0 Å². The molecule has 142 valence electrons. The van der Waals surface area contributed by atoms with Crippen molar-refractivity contribution in [1.29, 1.82) is 5.26 Å². The van der Waals surface area contributed by atoms with Crippen LogP contribution in [0.25, 0.3) is 0 Å². The lowest BCUT2D eigenvalue weighted by molar-refractivity contribution is -0.119. The second kappa shape index (κ2) is 9.19. The first-order valence-corrected chi connectivity index (χ1v) is 10.1. The normalized spacial score (nSPS) is 11.0. The number of nitrogens with one attached hydrogen (secondary N) is 1. The predicted octanol–water partition coefficient (Wildman–Crippen LogP) is 2.92. The first kappa shape index (κ1) is 20.5. The Morgan fingerprint density at radius 3 is 2.30 bits per heavy atom. The van der Waals surface area contributed by atoms with E-state index >= 15 is 0 Å². The summed E-state index contributed by atoms with van der Waals surface area (Å²) in [4.78, 5) is 12.4. The lowest BCUT2D eigenvalue weighted by Crippen LogP contribution is -2.41. The maximum Gasteiger partial charge on any atom is 0.264 e. The Labute approximate surface area is 160 Å². The molecule has 2 aromatic carbocycles. The third kappa shape index (κ3) is 5.56. The molecule has 0 spiro atoms. The molecule has 7 heteroatoms. The van der Waals surface area contributed by atoms with E-state index in [9.17, 15) is 13.2 Å². The average molecular weight is 385 g/mol. The van der Waals surface area contributed by atoms with Crippen LogP contribution < -0.4 is 9.62 Å². The Hall–Kier alpha value is -2.85. The molecule has 6 nitrogen and oxygen atoms in total. The summed E-state index contributed by atoms with van der Waals surface area (Å²) in [6, 6.07) is 16.1. The molecule has 0 aliphatic carbocycles. The Kier molecular flexibility index (Phi) is 6.97.